The van der Waals surface area contributed by atoms with E-state index in [0.29, 0.717) is 28.8 Å². The highest BCUT2D eigenvalue weighted by Gasteiger charge is 2.48. The molecule has 0 saturated carbocycles. The highest BCUT2D eigenvalue weighted by Crippen LogP contribution is 2.45. The van der Waals surface area contributed by atoms with Gasteiger partial charge in [0.15, 0.2) is 0 Å². The van der Waals surface area contributed by atoms with Gasteiger partial charge in [-0.25, -0.2) is 4.63 Å². The molecule has 3 unspecified atom stereocenters. The lowest BCUT2D eigenvalue weighted by molar-refractivity contribution is -0.768. The number of hydrogen-bond donors (Lipinski definition) is 1. The second kappa shape index (κ2) is 6.05. The lowest BCUT2D eigenvalue weighted by Gasteiger charge is -2.47. The number of hydrogen-bond acceptors (Lipinski definition) is 9. The fourth-order valence-electron chi connectivity index (χ4n) is 3.71. The molecule has 144 valence electrons. The molecule has 11 heteroatoms. The quantitative estimate of drug-likeness (QED) is 0.611. The molecule has 2 aliphatic rings. The summed E-state index contributed by atoms with van der Waals surface area (Å²) < 4.78 is 10.7. The van der Waals surface area contributed by atoms with E-state index in [4.69, 9.17) is 9.37 Å². The number of fused-ring (bicyclic) bond motifs is 2. The fraction of sp³-hybridized carbons (Fsp3) is 0.562. The smallest absolute Gasteiger partial charge is 0.294 e. The molecule has 1 saturated heterocycles. The monoisotopic (exact) mass is 378 g/mol. The molecule has 1 N–H and O–H groups in total. The third kappa shape index (κ3) is 2.93. The van der Waals surface area contributed by atoms with E-state index in [1.165, 1.54) is 4.90 Å². The number of piperidine rings is 1. The van der Waals surface area contributed by atoms with Crippen molar-refractivity contribution in [3.05, 3.63) is 27.8 Å². The Bertz CT molecular complexity index is 911. The predicted molar refractivity (Wildman–Crippen MR) is 88.1 cm³/mol. The maximum atomic E-state index is 12.7. The average molecular weight is 378 g/mol. The van der Waals surface area contributed by atoms with Crippen molar-refractivity contribution in [2.45, 2.75) is 50.5 Å². The second-order valence-electron chi connectivity index (χ2n) is 7.27. The SMILES string of the molecule is CC1(C)Oc2cc3nonc3cc2C(N2CCC(O[N+](=O)[O-])CC2=O)C1O. The van der Waals surface area contributed by atoms with E-state index in [9.17, 15) is 20.0 Å². The van der Waals surface area contributed by atoms with Crippen molar-refractivity contribution in [1.29, 1.82) is 0 Å². The first-order chi connectivity index (χ1) is 12.8. The van der Waals surface area contributed by atoms with Crippen LogP contribution in [0.3, 0.4) is 0 Å². The summed E-state index contributed by atoms with van der Waals surface area (Å²) in [5, 5.41) is 28.2. The van der Waals surface area contributed by atoms with Crippen LogP contribution in [-0.4, -0.2) is 55.7 Å². The van der Waals surface area contributed by atoms with Crippen LogP contribution < -0.4 is 4.74 Å². The Morgan fingerprint density at radius 3 is 2.74 bits per heavy atom. The molecule has 0 aliphatic carbocycles. The minimum atomic E-state index is -1.01. The zero-order chi connectivity index (χ0) is 19.3. The fourth-order valence-corrected chi connectivity index (χ4v) is 3.71. The van der Waals surface area contributed by atoms with Crippen molar-refractivity contribution in [2.24, 2.45) is 0 Å². The van der Waals surface area contributed by atoms with Gasteiger partial charge in [0, 0.05) is 18.2 Å². The van der Waals surface area contributed by atoms with Crippen LogP contribution >= 0.6 is 0 Å². The van der Waals surface area contributed by atoms with Crippen LogP contribution in [0.15, 0.2) is 16.8 Å². The molecule has 2 aromatic rings. The van der Waals surface area contributed by atoms with Crippen molar-refractivity contribution in [1.82, 2.24) is 15.2 Å². The normalized spacial score (nSPS) is 27.1. The van der Waals surface area contributed by atoms with Gasteiger partial charge in [-0.05, 0) is 36.6 Å². The summed E-state index contributed by atoms with van der Waals surface area (Å²) in [5.74, 6) is 0.147. The van der Waals surface area contributed by atoms with Crippen molar-refractivity contribution in [3.8, 4) is 5.75 Å². The number of amides is 1. The molecule has 11 nitrogen and oxygen atoms in total. The molecule has 1 amide bonds. The number of likely N-dealkylation sites (tertiary alicyclic amines) is 1. The number of carbonyl (C=O) groups is 1. The number of ether oxygens (including phenoxy) is 1. The van der Waals surface area contributed by atoms with Crippen molar-refractivity contribution < 1.29 is 29.2 Å². The number of aliphatic hydroxyl groups is 1. The van der Waals surface area contributed by atoms with Crippen LogP contribution in [0.25, 0.3) is 11.0 Å². The van der Waals surface area contributed by atoms with Crippen molar-refractivity contribution in [2.75, 3.05) is 6.54 Å². The summed E-state index contributed by atoms with van der Waals surface area (Å²) in [7, 11) is 0. The molecule has 4 rings (SSSR count). The molecule has 3 atom stereocenters. The maximum absolute atomic E-state index is 12.7. The number of aliphatic hydroxyl groups excluding tert-OH is 1. The van der Waals surface area contributed by atoms with Crippen LogP contribution in [0.5, 0.6) is 5.75 Å². The van der Waals surface area contributed by atoms with Gasteiger partial charge in [0.25, 0.3) is 5.09 Å². The van der Waals surface area contributed by atoms with Crippen molar-refractivity contribution >= 4 is 16.9 Å². The van der Waals surface area contributed by atoms with Gasteiger partial charge < -0.3 is 19.6 Å². The lowest BCUT2D eigenvalue weighted by Crippen LogP contribution is -2.56. The minimum Gasteiger partial charge on any atom is -0.485 e. The number of rotatable bonds is 3. The number of nitrogens with zero attached hydrogens (tertiary/aromatic N) is 4. The molecule has 27 heavy (non-hydrogen) atoms. The molecule has 0 bridgehead atoms. The van der Waals surface area contributed by atoms with E-state index in [-0.39, 0.29) is 18.9 Å². The molecule has 0 spiro atoms. The van der Waals surface area contributed by atoms with Crippen LogP contribution in [0, 0.1) is 10.1 Å². The van der Waals surface area contributed by atoms with Crippen LogP contribution in [0.4, 0.5) is 0 Å². The van der Waals surface area contributed by atoms with Gasteiger partial charge in [-0.3, -0.25) is 4.79 Å². The predicted octanol–water partition coefficient (Wildman–Crippen LogP) is 0.995. The highest BCUT2D eigenvalue weighted by molar-refractivity contribution is 5.80. The van der Waals surface area contributed by atoms with Gasteiger partial charge in [-0.15, -0.1) is 10.1 Å². The maximum Gasteiger partial charge on any atom is 0.294 e. The first-order valence-electron chi connectivity index (χ1n) is 8.50. The van der Waals surface area contributed by atoms with Gasteiger partial charge in [-0.1, -0.05) is 0 Å². The summed E-state index contributed by atoms with van der Waals surface area (Å²) in [6.07, 6.45) is -1.63. The Hall–Kier alpha value is -2.95. The van der Waals surface area contributed by atoms with Gasteiger partial charge >= 0.3 is 0 Å². The standard InChI is InChI=1S/C16H18N4O7/c1-16(2)15(22)14(19-4-3-8(5-13(19)21)26-20(23)24)9-6-10-11(18-27-17-10)7-12(9)25-16/h6-8,14-15,22H,3-5H2,1-2H3. The van der Waals surface area contributed by atoms with Crippen LogP contribution in [0.1, 0.15) is 38.3 Å². The van der Waals surface area contributed by atoms with E-state index in [0.717, 1.165) is 0 Å². The zero-order valence-corrected chi connectivity index (χ0v) is 14.7. The molecule has 3 heterocycles. The Kier molecular flexibility index (Phi) is 3.91. The second-order valence-corrected chi connectivity index (χ2v) is 7.27. The van der Waals surface area contributed by atoms with E-state index in [1.54, 1.807) is 26.0 Å². The van der Waals surface area contributed by atoms with Gasteiger partial charge in [0.1, 0.15) is 34.6 Å². The summed E-state index contributed by atoms with van der Waals surface area (Å²) in [4.78, 5) is 29.3. The van der Waals surface area contributed by atoms with Crippen LogP contribution in [0.2, 0.25) is 0 Å². The summed E-state index contributed by atoms with van der Waals surface area (Å²) >= 11 is 0. The topological polar surface area (TPSA) is 141 Å². The average Bonchev–Trinajstić information content (AvgIpc) is 3.02. The summed E-state index contributed by atoms with van der Waals surface area (Å²) in [6, 6.07) is 2.65. The number of aromatic nitrogens is 2. The largest absolute Gasteiger partial charge is 0.485 e. The summed E-state index contributed by atoms with van der Waals surface area (Å²) in [5.41, 5.74) is 0.612. The Labute approximate surface area is 152 Å². The lowest BCUT2D eigenvalue weighted by atomic mass is 9.84. The molecule has 2 aliphatic heterocycles. The van der Waals surface area contributed by atoms with Crippen molar-refractivity contribution in [3.63, 3.8) is 0 Å². The Balaban J connectivity index is 1.71. The Morgan fingerprint density at radius 2 is 2.07 bits per heavy atom. The molecule has 1 fully saturated rings. The summed E-state index contributed by atoms with van der Waals surface area (Å²) in [6.45, 7) is 3.67. The zero-order valence-electron chi connectivity index (χ0n) is 14.7. The molecular formula is C16H18N4O7. The van der Waals surface area contributed by atoms with Gasteiger partial charge in [0.2, 0.25) is 5.91 Å². The number of benzene rings is 1. The van der Waals surface area contributed by atoms with Crippen LogP contribution in [-0.2, 0) is 9.63 Å². The highest BCUT2D eigenvalue weighted by atomic mass is 17.0. The van der Waals surface area contributed by atoms with E-state index in [1.807, 2.05) is 0 Å². The minimum absolute atomic E-state index is 0.130. The molecule has 1 aromatic carbocycles. The van der Waals surface area contributed by atoms with Gasteiger partial charge in [0.05, 0.1) is 12.5 Å². The molecule has 0 radical (unpaired) electrons. The Morgan fingerprint density at radius 1 is 1.37 bits per heavy atom. The molecule has 1 aromatic heterocycles. The number of carbonyl (C=O) groups excluding carboxylic acids is 1. The molecular weight excluding hydrogens is 360 g/mol. The first-order valence-corrected chi connectivity index (χ1v) is 8.50. The van der Waals surface area contributed by atoms with E-state index < -0.39 is 28.9 Å². The third-order valence-electron chi connectivity index (χ3n) is 5.07. The first kappa shape index (κ1) is 17.5. The van der Waals surface area contributed by atoms with Gasteiger partial charge in [-0.2, -0.15) is 0 Å². The third-order valence-corrected chi connectivity index (χ3v) is 5.07. The van der Waals surface area contributed by atoms with E-state index >= 15 is 0 Å². The van der Waals surface area contributed by atoms with E-state index in [2.05, 4.69) is 15.2 Å².